The van der Waals surface area contributed by atoms with Gasteiger partial charge in [-0.3, -0.25) is 4.79 Å². The average molecular weight is 738 g/mol. The Labute approximate surface area is 306 Å². The highest BCUT2D eigenvalue weighted by atomic mass is 79.9. The summed E-state index contributed by atoms with van der Waals surface area (Å²) >= 11 is 3.39. The summed E-state index contributed by atoms with van der Waals surface area (Å²) in [5.41, 5.74) is 0.927. The SMILES string of the molecule is CCCCCCCCCCCCCCCCCOc1cc(COC(=O)CCCBr)cc(OCCCCCCCCCCCCCCC)c1. The number of hydrogen-bond acceptors (Lipinski definition) is 4. The fraction of sp³-hybridized carbons (Fsp3) is 0.837. The Morgan fingerprint density at radius 1 is 0.479 bits per heavy atom. The molecular weight excluding hydrogens is 660 g/mol. The van der Waals surface area contributed by atoms with Crippen LogP contribution in [-0.4, -0.2) is 24.5 Å². The van der Waals surface area contributed by atoms with E-state index in [1.54, 1.807) is 0 Å². The third-order valence-electron chi connectivity index (χ3n) is 9.39. The number of alkyl halides is 1. The Bertz CT molecular complexity index is 829. The molecule has 0 atom stereocenters. The van der Waals surface area contributed by atoms with Crippen molar-refractivity contribution in [3.63, 3.8) is 0 Å². The molecule has 1 aromatic carbocycles. The molecule has 0 aliphatic rings. The predicted octanol–water partition coefficient (Wildman–Crippen LogP) is 14.6. The van der Waals surface area contributed by atoms with Gasteiger partial charge in [-0.2, -0.15) is 0 Å². The standard InChI is InChI=1S/C43H77BrO4/c1-3-5-7-9-11-13-15-17-18-20-22-24-26-28-30-35-47-42-37-40(39-48-43(45)32-31-33-44)36-41(38-42)46-34-29-27-25-23-21-19-16-14-12-10-8-6-4-2/h36-38H,3-35,39H2,1-2H3. The summed E-state index contributed by atoms with van der Waals surface area (Å²) < 4.78 is 17.9. The first kappa shape index (κ1) is 44.8. The first-order chi connectivity index (χ1) is 23.7. The van der Waals surface area contributed by atoms with Crippen molar-refractivity contribution in [2.24, 2.45) is 0 Å². The van der Waals surface area contributed by atoms with E-state index in [1.165, 1.54) is 167 Å². The molecule has 0 unspecified atom stereocenters. The maximum Gasteiger partial charge on any atom is 0.306 e. The lowest BCUT2D eigenvalue weighted by Gasteiger charge is -2.13. The lowest BCUT2D eigenvalue weighted by Crippen LogP contribution is -2.06. The summed E-state index contributed by atoms with van der Waals surface area (Å²) in [6.07, 6.45) is 39.1. The molecule has 48 heavy (non-hydrogen) atoms. The Hall–Kier alpha value is -1.23. The molecular formula is C43H77BrO4. The molecule has 4 nitrogen and oxygen atoms in total. The van der Waals surface area contributed by atoms with Gasteiger partial charge in [-0.25, -0.2) is 0 Å². The molecule has 1 aromatic rings. The number of esters is 1. The number of ether oxygens (including phenoxy) is 3. The van der Waals surface area contributed by atoms with Crippen molar-refractivity contribution < 1.29 is 19.0 Å². The number of halogens is 1. The van der Waals surface area contributed by atoms with Gasteiger partial charge in [0, 0.05) is 17.8 Å². The van der Waals surface area contributed by atoms with Gasteiger partial charge in [0.1, 0.15) is 18.1 Å². The Kier molecular flexibility index (Phi) is 33.2. The Balaban J connectivity index is 2.24. The first-order valence-electron chi connectivity index (χ1n) is 20.8. The minimum Gasteiger partial charge on any atom is -0.493 e. The molecule has 0 amide bonds. The van der Waals surface area contributed by atoms with Gasteiger partial charge in [0.2, 0.25) is 0 Å². The zero-order valence-corrected chi connectivity index (χ0v) is 33.4. The minimum absolute atomic E-state index is 0.159. The van der Waals surface area contributed by atoms with Gasteiger partial charge in [0.15, 0.2) is 0 Å². The minimum atomic E-state index is -0.159. The zero-order valence-electron chi connectivity index (χ0n) is 31.8. The molecule has 1 rings (SSSR count). The van der Waals surface area contributed by atoms with Crippen molar-refractivity contribution in [3.8, 4) is 11.5 Å². The summed E-state index contributed by atoms with van der Waals surface area (Å²) in [5.74, 6) is 1.47. The van der Waals surface area contributed by atoms with Gasteiger partial charge in [-0.15, -0.1) is 0 Å². The molecule has 0 aliphatic carbocycles. The topological polar surface area (TPSA) is 44.8 Å². The van der Waals surface area contributed by atoms with Gasteiger partial charge in [-0.05, 0) is 37.0 Å². The van der Waals surface area contributed by atoms with Crippen LogP contribution in [0, 0.1) is 0 Å². The highest BCUT2D eigenvalue weighted by molar-refractivity contribution is 9.09. The van der Waals surface area contributed by atoms with E-state index in [0.29, 0.717) is 19.6 Å². The molecule has 0 aromatic heterocycles. The lowest BCUT2D eigenvalue weighted by atomic mass is 10.0. The first-order valence-corrected chi connectivity index (χ1v) is 21.9. The number of carbonyl (C=O) groups excluding carboxylic acids is 1. The van der Waals surface area contributed by atoms with E-state index in [2.05, 4.69) is 29.8 Å². The number of rotatable bonds is 37. The summed E-state index contributed by atoms with van der Waals surface area (Å²) in [5, 5.41) is 0.807. The second-order valence-electron chi connectivity index (χ2n) is 14.2. The monoisotopic (exact) mass is 737 g/mol. The van der Waals surface area contributed by atoms with Gasteiger partial charge >= 0.3 is 5.97 Å². The van der Waals surface area contributed by atoms with Gasteiger partial charge in [0.05, 0.1) is 13.2 Å². The van der Waals surface area contributed by atoms with Crippen molar-refractivity contribution in [2.45, 2.75) is 213 Å². The second-order valence-corrected chi connectivity index (χ2v) is 14.9. The van der Waals surface area contributed by atoms with Crippen LogP contribution in [0.5, 0.6) is 11.5 Å². The van der Waals surface area contributed by atoms with Gasteiger partial charge in [-0.1, -0.05) is 197 Å². The highest BCUT2D eigenvalue weighted by Gasteiger charge is 2.08. The molecule has 0 radical (unpaired) electrons. The molecule has 0 saturated heterocycles. The summed E-state index contributed by atoms with van der Waals surface area (Å²) in [6.45, 7) is 6.26. The van der Waals surface area contributed by atoms with Crippen LogP contribution in [-0.2, 0) is 16.1 Å². The summed E-state index contributed by atoms with van der Waals surface area (Å²) in [7, 11) is 0. The third kappa shape index (κ3) is 29.7. The van der Waals surface area contributed by atoms with Crippen LogP contribution < -0.4 is 9.47 Å². The maximum absolute atomic E-state index is 12.1. The van der Waals surface area contributed by atoms with E-state index in [9.17, 15) is 4.79 Å². The molecule has 0 N–H and O–H groups in total. The molecule has 0 heterocycles. The zero-order chi connectivity index (χ0) is 34.6. The van der Waals surface area contributed by atoms with Crippen molar-refractivity contribution >= 4 is 21.9 Å². The Morgan fingerprint density at radius 2 is 0.812 bits per heavy atom. The molecule has 0 aliphatic heterocycles. The molecule has 0 bridgehead atoms. The average Bonchev–Trinajstić information content (AvgIpc) is 3.09. The van der Waals surface area contributed by atoms with E-state index in [0.717, 1.165) is 41.7 Å². The summed E-state index contributed by atoms with van der Waals surface area (Å²) in [4.78, 5) is 12.1. The van der Waals surface area contributed by atoms with Crippen LogP contribution in [0.3, 0.4) is 0 Å². The van der Waals surface area contributed by atoms with E-state index in [1.807, 2.05) is 18.2 Å². The normalized spacial score (nSPS) is 11.2. The van der Waals surface area contributed by atoms with Crippen LogP contribution >= 0.6 is 15.9 Å². The molecule has 280 valence electrons. The lowest BCUT2D eigenvalue weighted by molar-refractivity contribution is -0.144. The van der Waals surface area contributed by atoms with Crippen LogP contribution in [0.2, 0.25) is 0 Å². The van der Waals surface area contributed by atoms with Crippen LogP contribution in [0.4, 0.5) is 0 Å². The van der Waals surface area contributed by atoms with Crippen molar-refractivity contribution in [1.82, 2.24) is 0 Å². The molecule has 5 heteroatoms. The fourth-order valence-electron chi connectivity index (χ4n) is 6.30. The quantitative estimate of drug-likeness (QED) is 0.0387. The number of carbonyl (C=O) groups is 1. The van der Waals surface area contributed by atoms with Crippen molar-refractivity contribution in [3.05, 3.63) is 23.8 Å². The van der Waals surface area contributed by atoms with Crippen LogP contribution in [0.25, 0.3) is 0 Å². The van der Waals surface area contributed by atoms with E-state index in [4.69, 9.17) is 14.2 Å². The van der Waals surface area contributed by atoms with E-state index < -0.39 is 0 Å². The largest absolute Gasteiger partial charge is 0.493 e. The molecule has 0 spiro atoms. The second kappa shape index (κ2) is 35.6. The van der Waals surface area contributed by atoms with E-state index in [-0.39, 0.29) is 12.6 Å². The maximum atomic E-state index is 12.1. The number of benzene rings is 1. The third-order valence-corrected chi connectivity index (χ3v) is 9.95. The Morgan fingerprint density at radius 3 is 1.15 bits per heavy atom. The van der Waals surface area contributed by atoms with Crippen molar-refractivity contribution in [1.29, 1.82) is 0 Å². The number of unbranched alkanes of at least 4 members (excludes halogenated alkanes) is 26. The summed E-state index contributed by atoms with van der Waals surface area (Å²) in [6, 6.07) is 6.01. The van der Waals surface area contributed by atoms with Crippen LogP contribution in [0.1, 0.15) is 212 Å². The van der Waals surface area contributed by atoms with Crippen LogP contribution in [0.15, 0.2) is 18.2 Å². The van der Waals surface area contributed by atoms with Crippen molar-refractivity contribution in [2.75, 3.05) is 18.5 Å². The molecule has 0 saturated carbocycles. The fourth-order valence-corrected chi connectivity index (χ4v) is 6.58. The predicted molar refractivity (Wildman–Crippen MR) is 211 cm³/mol. The number of hydrogen-bond donors (Lipinski definition) is 0. The van der Waals surface area contributed by atoms with Gasteiger partial charge in [0.25, 0.3) is 0 Å². The highest BCUT2D eigenvalue weighted by Crippen LogP contribution is 2.25. The van der Waals surface area contributed by atoms with Gasteiger partial charge < -0.3 is 14.2 Å². The smallest absolute Gasteiger partial charge is 0.306 e. The van der Waals surface area contributed by atoms with E-state index >= 15 is 0 Å². The molecule has 0 fully saturated rings.